The molecule has 0 unspecified atom stereocenters. The van der Waals surface area contributed by atoms with E-state index in [1.54, 1.807) is 6.20 Å². The Morgan fingerprint density at radius 1 is 1.38 bits per heavy atom. The number of carbonyl (C=O) groups is 1. The van der Waals surface area contributed by atoms with E-state index < -0.39 is 0 Å². The Morgan fingerprint density at radius 3 is 2.81 bits per heavy atom. The summed E-state index contributed by atoms with van der Waals surface area (Å²) in [6, 6.07) is 10.0. The summed E-state index contributed by atoms with van der Waals surface area (Å²) in [5, 5.41) is 10.5. The standard InChI is InChI=1S/C14H20N6O/c1-19(13-5-3-2-4-6-13)8-7-16-14(21)11-20-10-12(9-15)17-18-20/h2-6,10H,7-9,11,15H2,1H3,(H,16,21). The molecule has 3 N–H and O–H groups in total. The van der Waals surface area contributed by atoms with E-state index in [2.05, 4.69) is 20.5 Å². The van der Waals surface area contributed by atoms with Gasteiger partial charge in [-0.25, -0.2) is 4.68 Å². The number of nitrogens with one attached hydrogen (secondary N) is 1. The van der Waals surface area contributed by atoms with Crippen molar-refractivity contribution in [2.75, 3.05) is 25.0 Å². The van der Waals surface area contributed by atoms with Crippen molar-refractivity contribution in [2.24, 2.45) is 5.73 Å². The molecule has 2 rings (SSSR count). The normalized spacial score (nSPS) is 10.4. The number of carbonyl (C=O) groups excluding carboxylic acids is 1. The number of para-hydroxylation sites is 1. The molecule has 0 fully saturated rings. The zero-order chi connectivity index (χ0) is 15.1. The number of rotatable bonds is 7. The number of amides is 1. The van der Waals surface area contributed by atoms with Gasteiger partial charge in [-0.3, -0.25) is 4.79 Å². The van der Waals surface area contributed by atoms with Crippen LogP contribution in [-0.4, -0.2) is 41.0 Å². The van der Waals surface area contributed by atoms with Gasteiger partial charge in [0.15, 0.2) is 0 Å². The molecule has 0 aliphatic heterocycles. The van der Waals surface area contributed by atoms with E-state index in [0.29, 0.717) is 18.8 Å². The van der Waals surface area contributed by atoms with E-state index in [1.807, 2.05) is 37.4 Å². The second kappa shape index (κ2) is 7.39. The van der Waals surface area contributed by atoms with Crippen LogP contribution in [0.1, 0.15) is 5.69 Å². The van der Waals surface area contributed by atoms with E-state index in [1.165, 1.54) is 4.68 Å². The summed E-state index contributed by atoms with van der Waals surface area (Å²) >= 11 is 0. The lowest BCUT2D eigenvalue weighted by Gasteiger charge is -2.19. The van der Waals surface area contributed by atoms with Gasteiger partial charge in [0.2, 0.25) is 5.91 Å². The van der Waals surface area contributed by atoms with Crippen molar-refractivity contribution in [1.82, 2.24) is 20.3 Å². The van der Waals surface area contributed by atoms with E-state index in [-0.39, 0.29) is 12.5 Å². The molecule has 1 aromatic heterocycles. The predicted octanol–water partition coefficient (Wildman–Crippen LogP) is -0.0106. The number of aromatic nitrogens is 3. The fourth-order valence-electron chi connectivity index (χ4n) is 1.89. The molecule has 112 valence electrons. The third-order valence-corrected chi connectivity index (χ3v) is 3.07. The molecule has 1 heterocycles. The summed E-state index contributed by atoms with van der Waals surface area (Å²) < 4.78 is 1.48. The predicted molar refractivity (Wildman–Crippen MR) is 80.6 cm³/mol. The molecule has 0 aliphatic carbocycles. The molecule has 0 radical (unpaired) electrons. The maximum absolute atomic E-state index is 11.8. The van der Waals surface area contributed by atoms with Crippen LogP contribution >= 0.6 is 0 Å². The third kappa shape index (κ3) is 4.57. The van der Waals surface area contributed by atoms with Crippen molar-refractivity contribution < 1.29 is 4.79 Å². The molecule has 7 heteroatoms. The zero-order valence-corrected chi connectivity index (χ0v) is 12.1. The number of anilines is 1. The molecule has 21 heavy (non-hydrogen) atoms. The third-order valence-electron chi connectivity index (χ3n) is 3.07. The molecule has 0 atom stereocenters. The average molecular weight is 288 g/mol. The van der Waals surface area contributed by atoms with Crippen LogP contribution in [0.3, 0.4) is 0 Å². The van der Waals surface area contributed by atoms with Gasteiger partial charge in [0.1, 0.15) is 6.54 Å². The summed E-state index contributed by atoms with van der Waals surface area (Å²) in [6.45, 7) is 1.79. The van der Waals surface area contributed by atoms with Gasteiger partial charge in [0.05, 0.1) is 11.9 Å². The minimum atomic E-state index is -0.0927. The highest BCUT2D eigenvalue weighted by molar-refractivity contribution is 5.75. The van der Waals surface area contributed by atoms with Gasteiger partial charge in [0.25, 0.3) is 0 Å². The average Bonchev–Trinajstić information content (AvgIpc) is 2.95. The maximum Gasteiger partial charge on any atom is 0.241 e. The summed E-state index contributed by atoms with van der Waals surface area (Å²) in [5.41, 5.74) is 7.23. The molecule has 2 aromatic rings. The minimum Gasteiger partial charge on any atom is -0.373 e. The van der Waals surface area contributed by atoms with Gasteiger partial charge in [-0.2, -0.15) is 0 Å². The molecule has 1 aromatic carbocycles. The largest absolute Gasteiger partial charge is 0.373 e. The molecule has 0 saturated carbocycles. The van der Waals surface area contributed by atoms with Gasteiger partial charge < -0.3 is 16.0 Å². The zero-order valence-electron chi connectivity index (χ0n) is 12.1. The second-order valence-electron chi connectivity index (χ2n) is 4.72. The fraction of sp³-hybridized carbons (Fsp3) is 0.357. The number of likely N-dealkylation sites (N-methyl/N-ethyl adjacent to an activating group) is 1. The van der Waals surface area contributed by atoms with Gasteiger partial charge in [-0.15, -0.1) is 5.10 Å². The first-order valence-corrected chi connectivity index (χ1v) is 6.81. The number of hydrogen-bond donors (Lipinski definition) is 2. The number of nitrogens with zero attached hydrogens (tertiary/aromatic N) is 4. The molecule has 0 spiro atoms. The molecule has 0 bridgehead atoms. The smallest absolute Gasteiger partial charge is 0.241 e. The Kier molecular flexibility index (Phi) is 5.28. The molecular formula is C14H20N6O. The summed E-state index contributed by atoms with van der Waals surface area (Å²) in [6.07, 6.45) is 1.68. The molecule has 1 amide bonds. The Balaban J connectivity index is 1.72. The number of nitrogens with two attached hydrogens (primary N) is 1. The van der Waals surface area contributed by atoms with Crippen LogP contribution < -0.4 is 16.0 Å². The SMILES string of the molecule is CN(CCNC(=O)Cn1cc(CN)nn1)c1ccccc1. The van der Waals surface area contributed by atoms with Gasteiger partial charge in [0, 0.05) is 32.4 Å². The lowest BCUT2D eigenvalue weighted by molar-refractivity contribution is -0.121. The highest BCUT2D eigenvalue weighted by Crippen LogP contribution is 2.09. The highest BCUT2D eigenvalue weighted by Gasteiger charge is 2.06. The molecular weight excluding hydrogens is 268 g/mol. The Labute approximate surface area is 123 Å². The van der Waals surface area contributed by atoms with Crippen molar-refractivity contribution in [2.45, 2.75) is 13.1 Å². The summed E-state index contributed by atoms with van der Waals surface area (Å²) in [4.78, 5) is 13.9. The number of benzene rings is 1. The monoisotopic (exact) mass is 288 g/mol. The fourth-order valence-corrected chi connectivity index (χ4v) is 1.89. The quantitative estimate of drug-likeness (QED) is 0.748. The van der Waals surface area contributed by atoms with Crippen molar-refractivity contribution >= 4 is 11.6 Å². The van der Waals surface area contributed by atoms with Crippen LogP contribution in [0.5, 0.6) is 0 Å². The number of hydrogen-bond acceptors (Lipinski definition) is 5. The van der Waals surface area contributed by atoms with Gasteiger partial charge >= 0.3 is 0 Å². The van der Waals surface area contributed by atoms with Gasteiger partial charge in [-0.05, 0) is 12.1 Å². The molecule has 0 aliphatic rings. The van der Waals surface area contributed by atoms with Crippen molar-refractivity contribution in [1.29, 1.82) is 0 Å². The van der Waals surface area contributed by atoms with Crippen LogP contribution in [0.2, 0.25) is 0 Å². The first-order valence-electron chi connectivity index (χ1n) is 6.81. The highest BCUT2D eigenvalue weighted by atomic mass is 16.2. The second-order valence-corrected chi connectivity index (χ2v) is 4.72. The van der Waals surface area contributed by atoms with E-state index in [4.69, 9.17) is 5.73 Å². The molecule has 7 nitrogen and oxygen atoms in total. The van der Waals surface area contributed by atoms with Crippen molar-refractivity contribution in [3.63, 3.8) is 0 Å². The van der Waals surface area contributed by atoms with Crippen molar-refractivity contribution in [3.8, 4) is 0 Å². The Bertz CT molecular complexity index is 568. The topological polar surface area (TPSA) is 89.1 Å². The lowest BCUT2D eigenvalue weighted by Crippen LogP contribution is -2.34. The van der Waals surface area contributed by atoms with Crippen molar-refractivity contribution in [3.05, 3.63) is 42.2 Å². The molecule has 0 saturated heterocycles. The van der Waals surface area contributed by atoms with Crippen LogP contribution in [0.15, 0.2) is 36.5 Å². The van der Waals surface area contributed by atoms with Crippen LogP contribution in [0.25, 0.3) is 0 Å². The van der Waals surface area contributed by atoms with Gasteiger partial charge in [-0.1, -0.05) is 23.4 Å². The summed E-state index contributed by atoms with van der Waals surface area (Å²) in [5.74, 6) is -0.0927. The van der Waals surface area contributed by atoms with Crippen LogP contribution in [-0.2, 0) is 17.9 Å². The first-order chi connectivity index (χ1) is 10.2. The van der Waals surface area contributed by atoms with E-state index in [9.17, 15) is 4.79 Å². The Morgan fingerprint density at radius 2 is 2.14 bits per heavy atom. The summed E-state index contributed by atoms with van der Waals surface area (Å²) in [7, 11) is 1.99. The minimum absolute atomic E-state index is 0.0927. The lowest BCUT2D eigenvalue weighted by atomic mass is 10.3. The van der Waals surface area contributed by atoms with E-state index in [0.717, 1.165) is 12.2 Å². The Hall–Kier alpha value is -2.41. The maximum atomic E-state index is 11.8. The van der Waals surface area contributed by atoms with Crippen LogP contribution in [0, 0.1) is 0 Å². The van der Waals surface area contributed by atoms with E-state index >= 15 is 0 Å². The first kappa shape index (κ1) is 15.0. The van der Waals surface area contributed by atoms with Crippen LogP contribution in [0.4, 0.5) is 5.69 Å².